The van der Waals surface area contributed by atoms with Crippen molar-refractivity contribution in [3.05, 3.63) is 157 Å². The molecule has 10 aromatic rings. The average Bonchev–Trinajstić information content (AvgIpc) is 3.83. The number of nitrogens with zero attached hydrogens (tertiary/aromatic N) is 2. The summed E-state index contributed by atoms with van der Waals surface area (Å²) in [6.45, 7) is 4.67. The van der Waals surface area contributed by atoms with Crippen molar-refractivity contribution < 1.29 is 8.83 Å². The molecule has 0 aliphatic heterocycles. The van der Waals surface area contributed by atoms with E-state index < -0.39 is 0 Å². The first-order chi connectivity index (χ1) is 25.0. The zero-order valence-corrected chi connectivity index (χ0v) is 28.1. The summed E-state index contributed by atoms with van der Waals surface area (Å²) in [5.74, 6) is 0. The number of rotatable bonds is 3. The third-order valence-corrected chi connectivity index (χ3v) is 11.0. The van der Waals surface area contributed by atoms with Crippen LogP contribution in [0.2, 0.25) is 0 Å². The molecule has 0 bridgehead atoms. The Balaban J connectivity index is 1.09. The fourth-order valence-electron chi connectivity index (χ4n) is 8.39. The van der Waals surface area contributed by atoms with E-state index >= 15 is 0 Å². The summed E-state index contributed by atoms with van der Waals surface area (Å²) >= 11 is 0. The SMILES string of the molecule is CC1(C)c2cc(-c3cccnc3)ccc2-c2ccc(-c3cccc(-c4nc5c(ccc6c7ccccc7oc65)c5oc6ccccc6c45)c3)cc21. The van der Waals surface area contributed by atoms with Gasteiger partial charge in [-0.25, -0.2) is 4.98 Å². The van der Waals surface area contributed by atoms with Gasteiger partial charge < -0.3 is 8.83 Å². The minimum absolute atomic E-state index is 0.157. The zero-order valence-electron chi connectivity index (χ0n) is 28.1. The molecule has 0 radical (unpaired) electrons. The molecule has 0 fully saturated rings. The second kappa shape index (κ2) is 10.3. The van der Waals surface area contributed by atoms with E-state index in [2.05, 4.69) is 116 Å². The lowest BCUT2D eigenvalue weighted by Gasteiger charge is -2.22. The predicted molar refractivity (Wildman–Crippen MR) is 208 cm³/mol. The van der Waals surface area contributed by atoms with Crippen LogP contribution in [0, 0.1) is 0 Å². The molecule has 1 aliphatic carbocycles. The van der Waals surface area contributed by atoms with E-state index in [1.807, 2.05) is 48.8 Å². The largest absolute Gasteiger partial charge is 0.455 e. The van der Waals surface area contributed by atoms with Crippen LogP contribution in [0.3, 0.4) is 0 Å². The second-order valence-electron chi connectivity index (χ2n) is 14.2. The molecule has 4 heteroatoms. The molecule has 0 saturated heterocycles. The van der Waals surface area contributed by atoms with Crippen molar-refractivity contribution in [2.75, 3.05) is 0 Å². The van der Waals surface area contributed by atoms with Gasteiger partial charge in [0.15, 0.2) is 5.58 Å². The number of furan rings is 2. The van der Waals surface area contributed by atoms with Gasteiger partial charge >= 0.3 is 0 Å². The number of benzene rings is 6. The molecule has 0 unspecified atom stereocenters. The van der Waals surface area contributed by atoms with E-state index in [1.54, 1.807) is 0 Å². The van der Waals surface area contributed by atoms with Crippen molar-refractivity contribution in [1.82, 2.24) is 9.97 Å². The van der Waals surface area contributed by atoms with Crippen LogP contribution in [-0.4, -0.2) is 9.97 Å². The summed E-state index contributed by atoms with van der Waals surface area (Å²) < 4.78 is 13.1. The molecule has 4 aromatic heterocycles. The van der Waals surface area contributed by atoms with Crippen molar-refractivity contribution in [2.24, 2.45) is 0 Å². The molecule has 4 heterocycles. The first kappa shape index (κ1) is 28.3. The van der Waals surface area contributed by atoms with Gasteiger partial charge in [-0.3, -0.25) is 4.98 Å². The van der Waals surface area contributed by atoms with Crippen LogP contribution < -0.4 is 0 Å². The van der Waals surface area contributed by atoms with E-state index in [1.165, 1.54) is 33.4 Å². The van der Waals surface area contributed by atoms with Gasteiger partial charge in [-0.15, -0.1) is 0 Å². The van der Waals surface area contributed by atoms with Crippen molar-refractivity contribution in [3.63, 3.8) is 0 Å². The number of aromatic nitrogens is 2. The van der Waals surface area contributed by atoms with Crippen LogP contribution in [-0.2, 0) is 5.41 Å². The monoisotopic (exact) mass is 654 g/mol. The lowest BCUT2D eigenvalue weighted by molar-refractivity contribution is 0.661. The molecular weight excluding hydrogens is 625 g/mol. The van der Waals surface area contributed by atoms with Crippen LogP contribution in [0.5, 0.6) is 0 Å². The van der Waals surface area contributed by atoms with Gasteiger partial charge in [0.05, 0.1) is 11.1 Å². The lowest BCUT2D eigenvalue weighted by Crippen LogP contribution is -2.15. The fourth-order valence-corrected chi connectivity index (χ4v) is 8.39. The van der Waals surface area contributed by atoms with Gasteiger partial charge in [-0.05, 0) is 93.0 Å². The van der Waals surface area contributed by atoms with Crippen LogP contribution in [0.25, 0.3) is 99.4 Å². The Kier molecular flexibility index (Phi) is 5.70. The third kappa shape index (κ3) is 4.02. The van der Waals surface area contributed by atoms with Crippen LogP contribution in [0.1, 0.15) is 25.0 Å². The molecule has 0 amide bonds. The third-order valence-electron chi connectivity index (χ3n) is 11.0. The summed E-state index contributed by atoms with van der Waals surface area (Å²) in [5.41, 5.74) is 15.8. The maximum Gasteiger partial charge on any atom is 0.161 e. The molecule has 1 aliphatic rings. The summed E-state index contributed by atoms with van der Waals surface area (Å²) in [7, 11) is 0. The van der Waals surface area contributed by atoms with Crippen molar-refractivity contribution in [1.29, 1.82) is 0 Å². The van der Waals surface area contributed by atoms with Gasteiger partial charge in [0.25, 0.3) is 0 Å². The Morgan fingerprint density at radius 2 is 1.12 bits per heavy atom. The zero-order chi connectivity index (χ0) is 33.8. The van der Waals surface area contributed by atoms with Crippen molar-refractivity contribution in [2.45, 2.75) is 19.3 Å². The number of fused-ring (bicyclic) bond motifs is 12. The molecule has 11 rings (SSSR count). The number of para-hydroxylation sites is 2. The highest BCUT2D eigenvalue weighted by atomic mass is 16.3. The Morgan fingerprint density at radius 1 is 0.490 bits per heavy atom. The molecule has 0 atom stereocenters. The Bertz CT molecular complexity index is 3060. The maximum atomic E-state index is 6.62. The number of pyridine rings is 2. The van der Waals surface area contributed by atoms with E-state index in [-0.39, 0.29) is 5.41 Å². The maximum absolute atomic E-state index is 6.62. The van der Waals surface area contributed by atoms with Crippen LogP contribution in [0.15, 0.2) is 155 Å². The van der Waals surface area contributed by atoms with E-state index in [9.17, 15) is 0 Å². The Morgan fingerprint density at radius 3 is 1.88 bits per heavy atom. The van der Waals surface area contributed by atoms with Gasteiger partial charge in [-0.1, -0.05) is 98.8 Å². The van der Waals surface area contributed by atoms with E-state index in [4.69, 9.17) is 13.8 Å². The lowest BCUT2D eigenvalue weighted by atomic mass is 9.81. The first-order valence-corrected chi connectivity index (χ1v) is 17.4. The number of hydrogen-bond acceptors (Lipinski definition) is 4. The fraction of sp³-hybridized carbons (Fsp3) is 0.0638. The van der Waals surface area contributed by atoms with Crippen LogP contribution in [0.4, 0.5) is 0 Å². The highest BCUT2D eigenvalue weighted by Crippen LogP contribution is 2.51. The van der Waals surface area contributed by atoms with Gasteiger partial charge in [0.1, 0.15) is 22.3 Å². The molecular formula is C47H30N2O2. The van der Waals surface area contributed by atoms with Crippen molar-refractivity contribution >= 4 is 54.8 Å². The average molecular weight is 655 g/mol. The molecule has 6 aromatic carbocycles. The summed E-state index contributed by atoms with van der Waals surface area (Å²) in [5, 5.41) is 5.14. The van der Waals surface area contributed by atoms with Gasteiger partial charge in [0.2, 0.25) is 0 Å². The quantitative estimate of drug-likeness (QED) is 0.190. The predicted octanol–water partition coefficient (Wildman–Crippen LogP) is 12.7. The summed E-state index contributed by atoms with van der Waals surface area (Å²) in [4.78, 5) is 9.79. The Labute approximate surface area is 293 Å². The summed E-state index contributed by atoms with van der Waals surface area (Å²) in [6.07, 6.45) is 3.76. The normalized spacial score (nSPS) is 13.5. The molecule has 0 spiro atoms. The van der Waals surface area contributed by atoms with Gasteiger partial charge in [-0.2, -0.15) is 0 Å². The molecule has 0 N–H and O–H groups in total. The van der Waals surface area contributed by atoms with E-state index in [0.29, 0.717) is 0 Å². The van der Waals surface area contributed by atoms with Crippen LogP contribution >= 0.6 is 0 Å². The minimum atomic E-state index is -0.157. The topological polar surface area (TPSA) is 52.1 Å². The molecule has 0 saturated carbocycles. The molecule has 51 heavy (non-hydrogen) atoms. The second-order valence-corrected chi connectivity index (χ2v) is 14.2. The minimum Gasteiger partial charge on any atom is -0.455 e. The highest BCUT2D eigenvalue weighted by molar-refractivity contribution is 6.24. The van der Waals surface area contributed by atoms with E-state index in [0.717, 1.165) is 77.2 Å². The van der Waals surface area contributed by atoms with Crippen molar-refractivity contribution in [3.8, 4) is 44.6 Å². The highest BCUT2D eigenvalue weighted by Gasteiger charge is 2.36. The smallest absolute Gasteiger partial charge is 0.161 e. The summed E-state index contributed by atoms with van der Waals surface area (Å²) in [6, 6.07) is 47.3. The first-order valence-electron chi connectivity index (χ1n) is 17.4. The number of hydrogen-bond donors (Lipinski definition) is 0. The molecule has 4 nitrogen and oxygen atoms in total. The Hall–Kier alpha value is -6.52. The van der Waals surface area contributed by atoms with Gasteiger partial charge in [0, 0.05) is 44.9 Å². The standard InChI is InChI=1S/C47H30N2O2/c1-47(2)38-24-28(16-18-32(38)33-19-17-29(25-39(33)47)31-11-8-22-48-26-31)27-9-7-10-30(23-27)43-42-36-13-4-6-15-41(36)50-45(42)37-21-20-35-34-12-3-5-14-40(34)51-46(35)44(37)49-43/h3-26H,1-2H3. The molecule has 240 valence electrons.